The molecule has 0 bridgehead atoms. The zero-order valence-electron chi connectivity index (χ0n) is 12.7. The number of hydrogen-bond donors (Lipinski definition) is 0. The third-order valence-corrected chi connectivity index (χ3v) is 4.28. The number of carbonyl (C=O) groups excluding carboxylic acids is 1. The van der Waals surface area contributed by atoms with Crippen molar-refractivity contribution >= 4 is 11.4 Å². The Morgan fingerprint density at radius 2 is 1.73 bits per heavy atom. The summed E-state index contributed by atoms with van der Waals surface area (Å²) in [6.45, 7) is 2.09. The topological polar surface area (TPSA) is 17.1 Å². The normalized spacial score (nSPS) is 18.1. The molecule has 112 valence electrons. The van der Waals surface area contributed by atoms with E-state index in [1.807, 2.05) is 18.2 Å². The lowest BCUT2D eigenvalue weighted by Crippen LogP contribution is -2.08. The summed E-state index contributed by atoms with van der Waals surface area (Å²) in [5.74, 6) is -0.233. The molecule has 0 saturated carbocycles. The highest BCUT2D eigenvalue weighted by Crippen LogP contribution is 2.42. The van der Waals surface area contributed by atoms with E-state index in [2.05, 4.69) is 19.1 Å². The third kappa shape index (κ3) is 2.74. The summed E-state index contributed by atoms with van der Waals surface area (Å²) >= 11 is 0. The summed E-state index contributed by atoms with van der Waals surface area (Å²) < 4.78 is 13.1. The van der Waals surface area contributed by atoms with Crippen LogP contribution >= 0.6 is 0 Å². The second kappa shape index (κ2) is 6.27. The number of halogens is 1. The molecule has 1 atom stereocenters. The molecular weight excluding hydrogens is 275 g/mol. The SMILES string of the molecule is CCCC1=C(c2ccccc2)CC(c2ccc(F)cc2)C1=O. The number of ketones is 1. The highest BCUT2D eigenvalue weighted by molar-refractivity contribution is 6.11. The number of carbonyl (C=O) groups is 1. The number of allylic oxidation sites excluding steroid dienone is 2. The van der Waals surface area contributed by atoms with Gasteiger partial charge in [0, 0.05) is 0 Å². The van der Waals surface area contributed by atoms with Crippen molar-refractivity contribution in [2.75, 3.05) is 0 Å². The van der Waals surface area contributed by atoms with E-state index in [1.165, 1.54) is 12.1 Å². The fourth-order valence-electron chi connectivity index (χ4n) is 3.20. The lowest BCUT2D eigenvalue weighted by atomic mass is 9.93. The summed E-state index contributed by atoms with van der Waals surface area (Å²) in [6.07, 6.45) is 2.47. The molecule has 0 aliphatic heterocycles. The molecule has 2 heteroatoms. The van der Waals surface area contributed by atoms with Gasteiger partial charge in [-0.3, -0.25) is 4.79 Å². The van der Waals surface area contributed by atoms with Gasteiger partial charge in [-0.1, -0.05) is 55.8 Å². The second-order valence-electron chi connectivity index (χ2n) is 5.75. The van der Waals surface area contributed by atoms with Crippen molar-refractivity contribution in [1.29, 1.82) is 0 Å². The van der Waals surface area contributed by atoms with E-state index in [1.54, 1.807) is 12.1 Å². The molecule has 0 fully saturated rings. The van der Waals surface area contributed by atoms with E-state index in [-0.39, 0.29) is 17.5 Å². The van der Waals surface area contributed by atoms with Crippen LogP contribution in [-0.4, -0.2) is 5.78 Å². The molecule has 0 N–H and O–H groups in total. The van der Waals surface area contributed by atoms with Crippen LogP contribution in [0.1, 0.15) is 43.2 Å². The molecule has 0 saturated heterocycles. The standard InChI is InChI=1S/C20H19FO/c1-2-6-17-18(14-7-4-3-5-8-14)13-19(20(17)22)15-9-11-16(21)12-10-15/h3-5,7-12,19H,2,6,13H2,1H3. The minimum Gasteiger partial charge on any atom is -0.294 e. The summed E-state index contributed by atoms with van der Waals surface area (Å²) in [7, 11) is 0. The average molecular weight is 294 g/mol. The van der Waals surface area contributed by atoms with Crippen LogP contribution in [0.5, 0.6) is 0 Å². The van der Waals surface area contributed by atoms with Crippen LogP contribution in [0, 0.1) is 5.82 Å². The van der Waals surface area contributed by atoms with Gasteiger partial charge in [-0.15, -0.1) is 0 Å². The van der Waals surface area contributed by atoms with Gasteiger partial charge in [0.15, 0.2) is 5.78 Å². The Morgan fingerprint density at radius 3 is 2.36 bits per heavy atom. The van der Waals surface area contributed by atoms with Crippen molar-refractivity contribution in [2.24, 2.45) is 0 Å². The van der Waals surface area contributed by atoms with Gasteiger partial charge >= 0.3 is 0 Å². The van der Waals surface area contributed by atoms with Gasteiger partial charge in [0.05, 0.1) is 5.92 Å². The number of Topliss-reactive ketones (excluding diaryl/α,β-unsaturated/α-hetero) is 1. The maximum atomic E-state index is 13.1. The van der Waals surface area contributed by atoms with Gasteiger partial charge in [-0.2, -0.15) is 0 Å². The summed E-state index contributed by atoms with van der Waals surface area (Å²) in [5, 5.41) is 0. The van der Waals surface area contributed by atoms with Crippen molar-refractivity contribution in [3.8, 4) is 0 Å². The zero-order valence-corrected chi connectivity index (χ0v) is 12.7. The maximum absolute atomic E-state index is 13.1. The molecule has 0 aromatic heterocycles. The number of hydrogen-bond acceptors (Lipinski definition) is 1. The predicted molar refractivity (Wildman–Crippen MR) is 87.0 cm³/mol. The van der Waals surface area contributed by atoms with E-state index in [0.29, 0.717) is 6.42 Å². The molecule has 1 nitrogen and oxygen atoms in total. The largest absolute Gasteiger partial charge is 0.294 e. The van der Waals surface area contributed by atoms with Gasteiger partial charge < -0.3 is 0 Å². The quantitative estimate of drug-likeness (QED) is 0.763. The number of benzene rings is 2. The van der Waals surface area contributed by atoms with Crippen LogP contribution in [0.3, 0.4) is 0 Å². The van der Waals surface area contributed by atoms with E-state index in [4.69, 9.17) is 0 Å². The van der Waals surface area contributed by atoms with E-state index in [9.17, 15) is 9.18 Å². The first-order valence-electron chi connectivity index (χ1n) is 7.77. The molecule has 0 spiro atoms. The molecule has 0 heterocycles. The molecule has 3 rings (SSSR count). The fourth-order valence-corrected chi connectivity index (χ4v) is 3.20. The highest BCUT2D eigenvalue weighted by atomic mass is 19.1. The zero-order chi connectivity index (χ0) is 15.5. The molecule has 2 aromatic rings. The molecule has 0 amide bonds. The van der Waals surface area contributed by atoms with Crippen LogP contribution in [-0.2, 0) is 4.79 Å². The lowest BCUT2D eigenvalue weighted by molar-refractivity contribution is -0.116. The van der Waals surface area contributed by atoms with Crippen LogP contribution in [0.15, 0.2) is 60.2 Å². The first kappa shape index (κ1) is 14.7. The van der Waals surface area contributed by atoms with Crippen molar-refractivity contribution in [2.45, 2.75) is 32.1 Å². The second-order valence-corrected chi connectivity index (χ2v) is 5.75. The third-order valence-electron chi connectivity index (χ3n) is 4.28. The maximum Gasteiger partial charge on any atom is 0.166 e. The van der Waals surface area contributed by atoms with E-state index in [0.717, 1.165) is 35.1 Å². The van der Waals surface area contributed by atoms with Gasteiger partial charge in [-0.05, 0) is 47.2 Å². The van der Waals surface area contributed by atoms with Crippen LogP contribution in [0.2, 0.25) is 0 Å². The first-order chi connectivity index (χ1) is 10.7. The fraction of sp³-hybridized carbons (Fsp3) is 0.250. The Labute approximate surface area is 130 Å². The molecule has 22 heavy (non-hydrogen) atoms. The average Bonchev–Trinajstić information content (AvgIpc) is 2.87. The first-order valence-corrected chi connectivity index (χ1v) is 7.77. The lowest BCUT2D eigenvalue weighted by Gasteiger charge is -2.09. The van der Waals surface area contributed by atoms with Crippen molar-refractivity contribution < 1.29 is 9.18 Å². The molecule has 2 aromatic carbocycles. The Balaban J connectivity index is 1.97. The molecule has 1 aliphatic rings. The summed E-state index contributed by atoms with van der Waals surface area (Å²) in [5.41, 5.74) is 4.14. The highest BCUT2D eigenvalue weighted by Gasteiger charge is 2.33. The van der Waals surface area contributed by atoms with Crippen molar-refractivity contribution in [3.05, 3.63) is 77.1 Å². The Morgan fingerprint density at radius 1 is 1.05 bits per heavy atom. The monoisotopic (exact) mass is 294 g/mol. The van der Waals surface area contributed by atoms with Gasteiger partial charge in [0.2, 0.25) is 0 Å². The molecule has 1 aliphatic carbocycles. The minimum atomic E-state index is -0.265. The van der Waals surface area contributed by atoms with Crippen LogP contribution in [0.4, 0.5) is 4.39 Å². The summed E-state index contributed by atoms with van der Waals surface area (Å²) in [4.78, 5) is 12.8. The number of rotatable bonds is 4. The van der Waals surface area contributed by atoms with Crippen molar-refractivity contribution in [1.82, 2.24) is 0 Å². The summed E-state index contributed by atoms with van der Waals surface area (Å²) in [6, 6.07) is 16.4. The predicted octanol–water partition coefficient (Wildman–Crippen LogP) is 5.14. The molecular formula is C20H19FO. The van der Waals surface area contributed by atoms with Gasteiger partial charge in [0.25, 0.3) is 0 Å². The van der Waals surface area contributed by atoms with Crippen molar-refractivity contribution in [3.63, 3.8) is 0 Å². The minimum absolute atomic E-state index is 0.169. The van der Waals surface area contributed by atoms with Gasteiger partial charge in [-0.25, -0.2) is 4.39 Å². The molecule has 0 radical (unpaired) electrons. The van der Waals surface area contributed by atoms with E-state index >= 15 is 0 Å². The smallest absolute Gasteiger partial charge is 0.166 e. The Bertz CT molecular complexity index is 698. The van der Waals surface area contributed by atoms with Crippen LogP contribution < -0.4 is 0 Å². The Kier molecular flexibility index (Phi) is 4.19. The van der Waals surface area contributed by atoms with Gasteiger partial charge in [0.1, 0.15) is 5.82 Å². The Hall–Kier alpha value is -2.22. The van der Waals surface area contributed by atoms with E-state index < -0.39 is 0 Å². The molecule has 1 unspecified atom stereocenters. The van der Waals surface area contributed by atoms with Crippen LogP contribution in [0.25, 0.3) is 5.57 Å².